The monoisotopic (exact) mass is 1070 g/mol. The molecule has 0 aromatic rings. The minimum Gasteiger partial charge on any atom is -0.445 e. The molecule has 8 rings (SSSR count). The Balaban J connectivity index is 0.000000241. The molecule has 20 atom stereocenters. The van der Waals surface area contributed by atoms with Gasteiger partial charge in [0.2, 0.25) is 11.8 Å². The zero-order valence-corrected chi connectivity index (χ0v) is 48.7. The van der Waals surface area contributed by atoms with Crippen molar-refractivity contribution >= 4 is 48.0 Å². The first-order chi connectivity index (χ1) is 34.6. The maximum Gasteiger partial charge on any atom is 0.414 e. The molecule has 14 nitrogen and oxygen atoms in total. The molecule has 6 aliphatic carbocycles. The Hall–Kier alpha value is -3.17. The molecule has 8 aliphatic rings. The van der Waals surface area contributed by atoms with Gasteiger partial charge in [-0.15, -0.1) is 25.6 Å². The molecular weight excluding hydrogens is 972 g/mol. The van der Waals surface area contributed by atoms with Crippen molar-refractivity contribution in [3.8, 4) is 0 Å². The van der Waals surface area contributed by atoms with Crippen LogP contribution in [0.3, 0.4) is 0 Å². The largest absolute Gasteiger partial charge is 0.445 e. The van der Waals surface area contributed by atoms with Crippen molar-refractivity contribution < 1.29 is 48.5 Å². The van der Waals surface area contributed by atoms with Gasteiger partial charge in [0.25, 0.3) is 0 Å². The third-order valence-corrected chi connectivity index (χ3v) is 23.0. The van der Waals surface area contributed by atoms with E-state index in [4.69, 9.17) is 9.47 Å². The lowest BCUT2D eigenvalue weighted by atomic mass is 9.43. The van der Waals surface area contributed by atoms with Crippen molar-refractivity contribution in [2.24, 2.45) is 91.7 Å². The number of carbonyl (C=O) groups is 6. The highest BCUT2D eigenvalue weighted by Gasteiger charge is 2.70. The minimum atomic E-state index is -0.741. The summed E-state index contributed by atoms with van der Waals surface area (Å²) >= 11 is 0. The summed E-state index contributed by atoms with van der Waals surface area (Å²) in [6.07, 6.45) is 9.60. The van der Waals surface area contributed by atoms with Crippen molar-refractivity contribution in [3.63, 3.8) is 0 Å². The average molecular weight is 1070 g/mol. The van der Waals surface area contributed by atoms with Gasteiger partial charge in [-0.1, -0.05) is 81.4 Å². The van der Waals surface area contributed by atoms with Crippen LogP contribution in [0.25, 0.3) is 0 Å². The van der Waals surface area contributed by atoms with E-state index in [9.17, 15) is 39.0 Å². The number of ketones is 2. The van der Waals surface area contributed by atoms with Gasteiger partial charge in [-0.05, 0) is 151 Å². The molecule has 15 heteroatoms. The number of aliphatic hydroxyl groups is 2. The molecule has 4 unspecified atom stereocenters. The standard InChI is InChI=1S/2C30H48N2O5.ClH/c2*1-8-12-28(5)16-23(37-27(36)31-26(35)21-17-32(7)15-11-18(21)2)29(6)19(3)9-13-30(20(4)25(28)34)14-10-22(33)24(29)30;/h2*8,18-21,23-25,34H,1,9-17H2,2-7H3,(H,31,35,36);1H/t2*18-,19+,20-,21-,23+,24?,25-,28+,29-,30?;/m00./s1. The molecule has 2 saturated heterocycles. The van der Waals surface area contributed by atoms with Crippen LogP contribution in [0.4, 0.5) is 9.59 Å². The number of rotatable bonds is 8. The molecule has 8 fully saturated rings. The highest BCUT2D eigenvalue weighted by Crippen LogP contribution is 2.70. The van der Waals surface area contributed by atoms with Crippen molar-refractivity contribution in [3.05, 3.63) is 25.3 Å². The molecule has 4 N–H and O–H groups in total. The highest BCUT2D eigenvalue weighted by atomic mass is 35.5. The lowest BCUT2D eigenvalue weighted by Gasteiger charge is -2.62. The molecule has 2 aliphatic heterocycles. The lowest BCUT2D eigenvalue weighted by molar-refractivity contribution is -0.197. The van der Waals surface area contributed by atoms with Gasteiger partial charge in [-0.2, -0.15) is 0 Å². The number of piperidine rings is 2. The normalized spacial score (nSPS) is 45.7. The Kier molecular flexibility index (Phi) is 18.6. The van der Waals surface area contributed by atoms with Gasteiger partial charge in [0.1, 0.15) is 23.8 Å². The van der Waals surface area contributed by atoms with Crippen LogP contribution in [-0.4, -0.2) is 120 Å². The second-order valence-corrected chi connectivity index (χ2v) is 27.1. The Labute approximate surface area is 455 Å². The quantitative estimate of drug-likeness (QED) is 0.169. The van der Waals surface area contributed by atoms with Gasteiger partial charge >= 0.3 is 12.2 Å². The topological polar surface area (TPSA) is 192 Å². The summed E-state index contributed by atoms with van der Waals surface area (Å²) in [5, 5.41) is 28.6. The number of hydrogen-bond acceptors (Lipinski definition) is 12. The van der Waals surface area contributed by atoms with E-state index >= 15 is 0 Å². The van der Waals surface area contributed by atoms with E-state index in [1.807, 2.05) is 40.1 Å². The summed E-state index contributed by atoms with van der Waals surface area (Å²) < 4.78 is 12.4. The van der Waals surface area contributed by atoms with E-state index in [-0.39, 0.29) is 106 Å². The van der Waals surface area contributed by atoms with E-state index in [1.54, 1.807) is 0 Å². The van der Waals surface area contributed by atoms with Crippen LogP contribution in [0.15, 0.2) is 25.3 Å². The van der Waals surface area contributed by atoms with Crippen LogP contribution in [0.5, 0.6) is 0 Å². The molecule has 0 spiro atoms. The SMILES string of the molecule is C=CC[C@]1(C)C[C@@H](OC(=O)NC(=O)[C@H]2CN(C)CC[C@@H]2C)[C@@]2(C)C3C(=O)CCC3(CC[C@H]2C)[C@@H](C)[C@@H]1O.C=CC[C@]1(C)C[C@@H](OC(=O)NC(=O)[C@H]2CN(C)CC[C@@H]2C)[C@@]2(C)C3C(=O)CCC3(CC[C@H]2C)[C@@H](C)[C@@H]1O.Cl. The van der Waals surface area contributed by atoms with Crippen LogP contribution in [0, 0.1) is 91.7 Å². The highest BCUT2D eigenvalue weighted by molar-refractivity contribution is 5.94. The van der Waals surface area contributed by atoms with Crippen LogP contribution < -0.4 is 10.6 Å². The Bertz CT molecular complexity index is 2030. The fourth-order valence-electron chi connectivity index (χ4n) is 17.6. The number of hydrogen-bond donors (Lipinski definition) is 4. The number of ether oxygens (including phenoxy) is 2. The molecule has 6 saturated carbocycles. The van der Waals surface area contributed by atoms with E-state index in [1.165, 1.54) is 0 Å². The van der Waals surface area contributed by atoms with Crippen LogP contribution in [0.1, 0.15) is 159 Å². The number of amides is 4. The minimum absolute atomic E-state index is 0. The number of nitrogens with one attached hydrogen (secondary N) is 2. The summed E-state index contributed by atoms with van der Waals surface area (Å²) in [7, 11) is 3.98. The fourth-order valence-corrected chi connectivity index (χ4v) is 17.6. The van der Waals surface area contributed by atoms with Crippen LogP contribution in [-0.2, 0) is 28.7 Å². The molecular formula is C60H97ClN4O10. The molecule has 424 valence electrons. The van der Waals surface area contributed by atoms with E-state index in [0.29, 0.717) is 51.6 Å². The summed E-state index contributed by atoms with van der Waals surface area (Å²) in [5.41, 5.74) is -2.92. The molecule has 75 heavy (non-hydrogen) atoms. The first kappa shape index (κ1) is 61.0. The smallest absolute Gasteiger partial charge is 0.414 e. The van der Waals surface area contributed by atoms with Gasteiger partial charge in [0.05, 0.1) is 24.0 Å². The number of nitrogens with zero attached hydrogens (tertiary/aromatic N) is 2. The molecule has 4 bridgehead atoms. The van der Waals surface area contributed by atoms with Gasteiger partial charge in [0, 0.05) is 59.4 Å². The molecule has 2 heterocycles. The predicted octanol–water partition coefficient (Wildman–Crippen LogP) is 9.58. The maximum absolute atomic E-state index is 13.5. The first-order valence-corrected chi connectivity index (χ1v) is 28.6. The van der Waals surface area contributed by atoms with E-state index in [2.05, 4.69) is 89.0 Å². The van der Waals surface area contributed by atoms with Crippen molar-refractivity contribution in [2.75, 3.05) is 40.3 Å². The maximum atomic E-state index is 13.5. The van der Waals surface area contributed by atoms with Crippen LogP contribution >= 0.6 is 12.4 Å². The number of carbonyl (C=O) groups excluding carboxylic acids is 6. The zero-order chi connectivity index (χ0) is 54.7. The number of Topliss-reactive ketones (excluding diaryl/α,β-unsaturated/α-hetero) is 2. The number of alkyl carbamates (subject to hydrolysis) is 2. The Morgan fingerprint density at radius 3 is 1.29 bits per heavy atom. The Morgan fingerprint density at radius 1 is 0.613 bits per heavy atom. The van der Waals surface area contributed by atoms with Gasteiger partial charge in [-0.25, -0.2) is 9.59 Å². The molecule has 0 aromatic carbocycles. The predicted molar refractivity (Wildman–Crippen MR) is 292 cm³/mol. The fraction of sp³-hybridized carbons (Fsp3) is 0.833. The molecule has 0 aromatic heterocycles. The lowest BCUT2D eigenvalue weighted by Crippen LogP contribution is -2.63. The second kappa shape index (κ2) is 22.9. The summed E-state index contributed by atoms with van der Waals surface area (Å²) in [4.78, 5) is 84.1. The van der Waals surface area contributed by atoms with E-state index in [0.717, 1.165) is 64.5 Å². The number of imide groups is 2. The summed E-state index contributed by atoms with van der Waals surface area (Å²) in [5.74, 6) is -0.669. The van der Waals surface area contributed by atoms with Gasteiger partial charge in [-0.3, -0.25) is 29.8 Å². The third-order valence-electron chi connectivity index (χ3n) is 23.0. The van der Waals surface area contributed by atoms with E-state index < -0.39 is 58.3 Å². The number of allylic oxidation sites excluding steroid dienone is 2. The van der Waals surface area contributed by atoms with Crippen molar-refractivity contribution in [2.45, 2.75) is 184 Å². The molecule has 4 amide bonds. The van der Waals surface area contributed by atoms with Crippen molar-refractivity contribution in [1.82, 2.24) is 20.4 Å². The number of aliphatic hydroxyl groups excluding tert-OH is 2. The number of likely N-dealkylation sites (tertiary alicyclic amines) is 2. The zero-order valence-electron chi connectivity index (χ0n) is 47.8. The van der Waals surface area contributed by atoms with Gasteiger partial charge < -0.3 is 29.5 Å². The average Bonchev–Trinajstić information content (AvgIpc) is 3.89. The third kappa shape index (κ3) is 10.7. The summed E-state index contributed by atoms with van der Waals surface area (Å²) in [6, 6.07) is 0. The van der Waals surface area contributed by atoms with Crippen molar-refractivity contribution in [1.29, 1.82) is 0 Å². The van der Waals surface area contributed by atoms with Gasteiger partial charge in [0.15, 0.2) is 0 Å². The second-order valence-electron chi connectivity index (χ2n) is 27.1. The molecule has 0 radical (unpaired) electrons. The first-order valence-electron chi connectivity index (χ1n) is 28.6. The summed E-state index contributed by atoms with van der Waals surface area (Å²) in [6.45, 7) is 32.0. The Morgan fingerprint density at radius 2 is 0.960 bits per heavy atom. The van der Waals surface area contributed by atoms with Crippen LogP contribution in [0.2, 0.25) is 0 Å². The number of halogens is 1.